The largest absolute Gasteiger partial charge is 0.374 e. The van der Waals surface area contributed by atoms with Crippen LogP contribution in [0.4, 0.5) is 5.95 Å². The lowest BCUT2D eigenvalue weighted by Gasteiger charge is -2.34. The molecule has 2 N–H and O–H groups in total. The topological polar surface area (TPSA) is 81.2 Å². The molecule has 10 heteroatoms. The maximum Gasteiger partial charge on any atom is 0.225 e. The zero-order valence-electron chi connectivity index (χ0n) is 19.9. The van der Waals surface area contributed by atoms with E-state index in [2.05, 4.69) is 54.1 Å². The molecule has 0 spiro atoms. The number of guanidine groups is 1. The molecule has 0 saturated carbocycles. The average Bonchev–Trinajstić information content (AvgIpc) is 2.79. The Morgan fingerprint density at radius 1 is 1.12 bits per heavy atom. The summed E-state index contributed by atoms with van der Waals surface area (Å²) in [5, 5.41) is 6.87. The molecule has 3 rings (SSSR count). The number of morpholine rings is 1. The number of nitrogens with one attached hydrogen (secondary N) is 2. The Labute approximate surface area is 210 Å². The summed E-state index contributed by atoms with van der Waals surface area (Å²) in [6, 6.07) is 1.86. The lowest BCUT2D eigenvalue weighted by molar-refractivity contribution is -0.0284. The Morgan fingerprint density at radius 2 is 1.88 bits per heavy atom. The fourth-order valence-electron chi connectivity index (χ4n) is 4.15. The van der Waals surface area contributed by atoms with Gasteiger partial charge in [0.1, 0.15) is 0 Å². The van der Waals surface area contributed by atoms with Gasteiger partial charge in [-0.05, 0) is 24.9 Å². The van der Waals surface area contributed by atoms with Crippen molar-refractivity contribution in [1.29, 1.82) is 0 Å². The quantitative estimate of drug-likeness (QED) is 0.202. The second-order valence-electron chi connectivity index (χ2n) is 8.76. The van der Waals surface area contributed by atoms with Crippen LogP contribution in [0.5, 0.6) is 0 Å². The molecular weight excluding hydrogens is 519 g/mol. The van der Waals surface area contributed by atoms with E-state index >= 15 is 0 Å². The van der Waals surface area contributed by atoms with E-state index in [-0.39, 0.29) is 30.1 Å². The van der Waals surface area contributed by atoms with Gasteiger partial charge in [-0.25, -0.2) is 9.97 Å². The van der Waals surface area contributed by atoms with Crippen LogP contribution in [0, 0.1) is 5.92 Å². The van der Waals surface area contributed by atoms with Crippen LogP contribution in [0.3, 0.4) is 0 Å². The monoisotopic (exact) mass is 560 g/mol. The molecule has 9 nitrogen and oxygen atoms in total. The lowest BCUT2D eigenvalue weighted by Crippen LogP contribution is -2.50. The highest BCUT2D eigenvalue weighted by atomic mass is 127. The molecule has 1 aromatic rings. The van der Waals surface area contributed by atoms with Crippen LogP contribution in [0.25, 0.3) is 0 Å². The summed E-state index contributed by atoms with van der Waals surface area (Å²) in [5.74, 6) is 2.39. The standard InChI is InChI=1S/C22H40N8O.HI/c1-19(2)17-29-14-15-31-20(18-29)16-27-21(23-3)24-8-5-9-28-10-12-30(13-11-28)22-25-6-4-7-26-22;/h4,6-7,19-20H,5,8-18H2,1-3H3,(H2,23,24,27);1H. The van der Waals surface area contributed by atoms with E-state index in [1.165, 1.54) is 0 Å². The summed E-state index contributed by atoms with van der Waals surface area (Å²) >= 11 is 0. The number of piperazine rings is 1. The Balaban J connectivity index is 0.00000363. The summed E-state index contributed by atoms with van der Waals surface area (Å²) in [7, 11) is 1.83. The molecule has 2 aliphatic rings. The van der Waals surface area contributed by atoms with Crippen molar-refractivity contribution in [3.8, 4) is 0 Å². The second-order valence-corrected chi connectivity index (χ2v) is 8.76. The predicted octanol–water partition coefficient (Wildman–Crippen LogP) is 1.13. The number of aromatic nitrogens is 2. The Hall–Kier alpha value is -1.24. The number of aliphatic imine (C=N–C) groups is 1. The van der Waals surface area contributed by atoms with Crippen LogP contribution in [-0.2, 0) is 4.74 Å². The molecular formula is C22H41IN8O. The molecule has 2 aliphatic heterocycles. The highest BCUT2D eigenvalue weighted by Gasteiger charge is 2.21. The van der Waals surface area contributed by atoms with E-state index in [1.807, 2.05) is 25.5 Å². The van der Waals surface area contributed by atoms with E-state index in [1.54, 1.807) is 0 Å². The van der Waals surface area contributed by atoms with Crippen molar-refractivity contribution in [3.05, 3.63) is 18.5 Å². The summed E-state index contributed by atoms with van der Waals surface area (Å²) < 4.78 is 5.92. The van der Waals surface area contributed by atoms with Crippen molar-refractivity contribution in [1.82, 2.24) is 30.4 Å². The summed E-state index contributed by atoms with van der Waals surface area (Å²) in [4.78, 5) is 20.3. The van der Waals surface area contributed by atoms with E-state index < -0.39 is 0 Å². The molecule has 32 heavy (non-hydrogen) atoms. The molecule has 2 fully saturated rings. The highest BCUT2D eigenvalue weighted by molar-refractivity contribution is 14.0. The van der Waals surface area contributed by atoms with Crippen molar-refractivity contribution in [2.75, 3.05) is 84.0 Å². The van der Waals surface area contributed by atoms with Crippen molar-refractivity contribution in [2.45, 2.75) is 26.4 Å². The Kier molecular flexibility index (Phi) is 12.5. The minimum absolute atomic E-state index is 0. The van der Waals surface area contributed by atoms with Gasteiger partial charge < -0.3 is 20.3 Å². The van der Waals surface area contributed by atoms with Gasteiger partial charge in [0.15, 0.2) is 5.96 Å². The molecule has 2 saturated heterocycles. The summed E-state index contributed by atoms with van der Waals surface area (Å²) in [6.45, 7) is 15.4. The van der Waals surface area contributed by atoms with Crippen LogP contribution in [0.2, 0.25) is 0 Å². The number of ether oxygens (including phenoxy) is 1. The second kappa shape index (κ2) is 14.8. The summed E-state index contributed by atoms with van der Waals surface area (Å²) in [5.41, 5.74) is 0. The molecule has 0 aliphatic carbocycles. The van der Waals surface area contributed by atoms with Gasteiger partial charge in [0.2, 0.25) is 5.95 Å². The van der Waals surface area contributed by atoms with Gasteiger partial charge in [-0.15, -0.1) is 24.0 Å². The minimum Gasteiger partial charge on any atom is -0.374 e. The predicted molar refractivity (Wildman–Crippen MR) is 141 cm³/mol. The van der Waals surface area contributed by atoms with Crippen LogP contribution >= 0.6 is 24.0 Å². The Morgan fingerprint density at radius 3 is 2.56 bits per heavy atom. The van der Waals surface area contributed by atoms with Gasteiger partial charge in [-0.3, -0.25) is 14.8 Å². The zero-order valence-corrected chi connectivity index (χ0v) is 22.2. The van der Waals surface area contributed by atoms with E-state index in [9.17, 15) is 0 Å². The normalized spacial score (nSPS) is 20.8. The molecule has 1 atom stereocenters. The molecule has 0 radical (unpaired) electrons. The minimum atomic E-state index is 0. The maximum absolute atomic E-state index is 5.92. The Bertz CT molecular complexity index is 655. The smallest absolute Gasteiger partial charge is 0.225 e. The van der Waals surface area contributed by atoms with Crippen LogP contribution < -0.4 is 15.5 Å². The first kappa shape index (κ1) is 27.0. The third-order valence-corrected chi connectivity index (χ3v) is 5.72. The van der Waals surface area contributed by atoms with Gasteiger partial charge in [0, 0.05) is 78.3 Å². The average molecular weight is 561 g/mol. The molecule has 0 amide bonds. The van der Waals surface area contributed by atoms with Gasteiger partial charge >= 0.3 is 0 Å². The van der Waals surface area contributed by atoms with E-state index in [0.717, 1.165) is 90.4 Å². The van der Waals surface area contributed by atoms with Gasteiger partial charge in [-0.1, -0.05) is 13.8 Å². The molecule has 0 aromatic carbocycles. The third-order valence-electron chi connectivity index (χ3n) is 5.72. The first-order chi connectivity index (χ1) is 15.1. The number of rotatable bonds is 9. The van der Waals surface area contributed by atoms with Crippen LogP contribution in [0.1, 0.15) is 20.3 Å². The molecule has 3 heterocycles. The lowest BCUT2D eigenvalue weighted by atomic mass is 10.2. The van der Waals surface area contributed by atoms with E-state index in [0.29, 0.717) is 5.92 Å². The van der Waals surface area contributed by atoms with Crippen molar-refractivity contribution in [2.24, 2.45) is 10.9 Å². The van der Waals surface area contributed by atoms with Crippen molar-refractivity contribution < 1.29 is 4.74 Å². The number of nitrogens with zero attached hydrogens (tertiary/aromatic N) is 6. The first-order valence-electron chi connectivity index (χ1n) is 11.7. The van der Waals surface area contributed by atoms with Crippen LogP contribution in [-0.4, -0.2) is 111 Å². The van der Waals surface area contributed by atoms with Crippen molar-refractivity contribution in [3.63, 3.8) is 0 Å². The van der Waals surface area contributed by atoms with Gasteiger partial charge in [0.25, 0.3) is 0 Å². The number of halogens is 1. The molecule has 1 unspecified atom stereocenters. The van der Waals surface area contributed by atoms with Gasteiger partial charge in [-0.2, -0.15) is 0 Å². The SMILES string of the molecule is CN=C(NCCCN1CCN(c2ncccn2)CC1)NCC1CN(CC(C)C)CCO1.I. The molecule has 0 bridgehead atoms. The summed E-state index contributed by atoms with van der Waals surface area (Å²) in [6.07, 6.45) is 4.92. The number of hydrogen-bond donors (Lipinski definition) is 2. The zero-order chi connectivity index (χ0) is 21.9. The highest BCUT2D eigenvalue weighted by Crippen LogP contribution is 2.10. The fourth-order valence-corrected chi connectivity index (χ4v) is 4.15. The van der Waals surface area contributed by atoms with E-state index in [4.69, 9.17) is 4.74 Å². The maximum atomic E-state index is 5.92. The van der Waals surface area contributed by atoms with Crippen molar-refractivity contribution >= 4 is 35.9 Å². The number of anilines is 1. The van der Waals surface area contributed by atoms with Gasteiger partial charge in [0.05, 0.1) is 12.7 Å². The molecule has 182 valence electrons. The van der Waals surface area contributed by atoms with Crippen LogP contribution in [0.15, 0.2) is 23.5 Å². The number of hydrogen-bond acceptors (Lipinski definition) is 7. The fraction of sp³-hybridized carbons (Fsp3) is 0.773. The third kappa shape index (κ3) is 9.32. The molecule has 1 aromatic heterocycles. The first-order valence-corrected chi connectivity index (χ1v) is 11.7.